The highest BCUT2D eigenvalue weighted by molar-refractivity contribution is 5.98. The lowest BCUT2D eigenvalue weighted by atomic mass is 10.1. The van der Waals surface area contributed by atoms with Crippen LogP contribution in [0, 0.1) is 6.92 Å². The van der Waals surface area contributed by atoms with Gasteiger partial charge in [0.25, 0.3) is 0 Å². The van der Waals surface area contributed by atoms with Gasteiger partial charge in [0, 0.05) is 29.9 Å². The van der Waals surface area contributed by atoms with Crippen LogP contribution in [-0.4, -0.2) is 30.3 Å². The topological polar surface area (TPSA) is 78.5 Å². The van der Waals surface area contributed by atoms with Gasteiger partial charge in [-0.3, -0.25) is 9.59 Å². The number of nitrogens with one attached hydrogen (secondary N) is 2. The van der Waals surface area contributed by atoms with Crippen molar-refractivity contribution in [3.05, 3.63) is 59.7 Å². The maximum absolute atomic E-state index is 12.2. The van der Waals surface area contributed by atoms with Crippen molar-refractivity contribution >= 4 is 29.1 Å². The molecule has 2 aromatic rings. The Morgan fingerprint density at radius 1 is 1.12 bits per heavy atom. The smallest absolute Gasteiger partial charge is 0.319 e. The fourth-order valence-electron chi connectivity index (χ4n) is 2.95. The first kappa shape index (κ1) is 17.7. The second-order valence-electron chi connectivity index (χ2n) is 6.48. The number of hydrogen-bond acceptors (Lipinski definition) is 3. The van der Waals surface area contributed by atoms with E-state index in [1.165, 1.54) is 6.92 Å². The van der Waals surface area contributed by atoms with Crippen LogP contribution < -0.4 is 15.5 Å². The van der Waals surface area contributed by atoms with E-state index >= 15 is 0 Å². The molecular formula is C20H21N3O3. The summed E-state index contributed by atoms with van der Waals surface area (Å²) in [6.07, 6.45) is 0.259. The fraction of sp³-hybridized carbons (Fsp3) is 0.250. The molecule has 0 aromatic heterocycles. The van der Waals surface area contributed by atoms with Gasteiger partial charge in [0.05, 0.1) is 6.04 Å². The maximum Gasteiger partial charge on any atom is 0.319 e. The van der Waals surface area contributed by atoms with E-state index in [2.05, 4.69) is 10.6 Å². The van der Waals surface area contributed by atoms with E-state index in [1.54, 1.807) is 29.2 Å². The van der Waals surface area contributed by atoms with Crippen LogP contribution >= 0.6 is 0 Å². The number of aryl methyl sites for hydroxylation is 1. The van der Waals surface area contributed by atoms with Crippen LogP contribution in [0.1, 0.15) is 29.3 Å². The number of ketones is 1. The highest BCUT2D eigenvalue weighted by Crippen LogP contribution is 2.22. The zero-order valence-electron chi connectivity index (χ0n) is 14.8. The van der Waals surface area contributed by atoms with E-state index in [1.807, 2.05) is 31.2 Å². The molecule has 2 aromatic carbocycles. The number of urea groups is 1. The van der Waals surface area contributed by atoms with Gasteiger partial charge in [-0.05, 0) is 38.1 Å². The summed E-state index contributed by atoms with van der Waals surface area (Å²) in [5, 5.41) is 5.53. The van der Waals surface area contributed by atoms with E-state index in [4.69, 9.17) is 0 Å². The minimum Gasteiger partial charge on any atom is -0.333 e. The largest absolute Gasteiger partial charge is 0.333 e. The summed E-state index contributed by atoms with van der Waals surface area (Å²) in [5.41, 5.74) is 3.03. The third kappa shape index (κ3) is 4.08. The Balaban J connectivity index is 1.60. The van der Waals surface area contributed by atoms with Crippen molar-refractivity contribution in [2.45, 2.75) is 26.3 Å². The monoisotopic (exact) mass is 351 g/mol. The van der Waals surface area contributed by atoms with Crippen molar-refractivity contribution in [1.82, 2.24) is 5.32 Å². The van der Waals surface area contributed by atoms with Gasteiger partial charge in [-0.15, -0.1) is 0 Å². The predicted octanol–water partition coefficient (Wildman–Crippen LogP) is 3.12. The lowest BCUT2D eigenvalue weighted by molar-refractivity contribution is -0.117. The molecule has 1 heterocycles. The molecular weight excluding hydrogens is 330 g/mol. The lowest BCUT2D eigenvalue weighted by Gasteiger charge is -2.17. The molecule has 1 fully saturated rings. The van der Waals surface area contributed by atoms with Crippen LogP contribution in [0.3, 0.4) is 0 Å². The lowest BCUT2D eigenvalue weighted by Crippen LogP contribution is -2.39. The van der Waals surface area contributed by atoms with E-state index in [0.717, 1.165) is 11.3 Å². The van der Waals surface area contributed by atoms with Crippen molar-refractivity contribution in [3.63, 3.8) is 0 Å². The second-order valence-corrected chi connectivity index (χ2v) is 6.48. The Bertz CT molecular complexity index is 846. The second kappa shape index (κ2) is 7.39. The van der Waals surface area contributed by atoms with Crippen molar-refractivity contribution < 1.29 is 14.4 Å². The predicted molar refractivity (Wildman–Crippen MR) is 101 cm³/mol. The quantitative estimate of drug-likeness (QED) is 0.831. The van der Waals surface area contributed by atoms with Crippen molar-refractivity contribution in [3.8, 4) is 0 Å². The molecule has 1 atom stereocenters. The fourth-order valence-corrected chi connectivity index (χ4v) is 2.95. The third-order valence-electron chi connectivity index (χ3n) is 4.33. The first-order chi connectivity index (χ1) is 12.4. The van der Waals surface area contributed by atoms with Gasteiger partial charge in [-0.1, -0.05) is 29.8 Å². The van der Waals surface area contributed by atoms with Gasteiger partial charge in [-0.25, -0.2) is 4.79 Å². The molecule has 0 aliphatic carbocycles. The Morgan fingerprint density at radius 2 is 1.85 bits per heavy atom. The molecule has 0 spiro atoms. The Morgan fingerprint density at radius 3 is 2.54 bits per heavy atom. The maximum atomic E-state index is 12.2. The minimum atomic E-state index is -0.394. The molecule has 0 unspecified atom stereocenters. The van der Waals surface area contributed by atoms with E-state index in [-0.39, 0.29) is 24.2 Å². The summed E-state index contributed by atoms with van der Waals surface area (Å²) in [7, 11) is 0. The number of rotatable bonds is 4. The zero-order valence-corrected chi connectivity index (χ0v) is 14.8. The molecule has 3 rings (SSSR count). The Kier molecular flexibility index (Phi) is 5.02. The van der Waals surface area contributed by atoms with Crippen LogP contribution in [-0.2, 0) is 4.79 Å². The van der Waals surface area contributed by atoms with E-state index in [0.29, 0.717) is 17.8 Å². The van der Waals surface area contributed by atoms with Crippen LogP contribution in [0.4, 0.5) is 16.2 Å². The van der Waals surface area contributed by atoms with E-state index < -0.39 is 6.03 Å². The number of anilines is 2. The number of hydrogen-bond donors (Lipinski definition) is 2. The van der Waals surface area contributed by atoms with Crippen LogP contribution in [0.25, 0.3) is 0 Å². The summed E-state index contributed by atoms with van der Waals surface area (Å²) in [4.78, 5) is 37.6. The number of Topliss-reactive ketones (excluding diaryl/α,β-unsaturated/α-hetero) is 1. The highest BCUT2D eigenvalue weighted by atomic mass is 16.2. The summed E-state index contributed by atoms with van der Waals surface area (Å²) in [6.45, 7) is 3.90. The Hall–Kier alpha value is -3.15. The van der Waals surface area contributed by atoms with Gasteiger partial charge in [0.15, 0.2) is 5.78 Å². The molecule has 134 valence electrons. The van der Waals surface area contributed by atoms with Gasteiger partial charge in [-0.2, -0.15) is 0 Å². The normalized spacial score (nSPS) is 16.5. The first-order valence-corrected chi connectivity index (χ1v) is 8.48. The van der Waals surface area contributed by atoms with Gasteiger partial charge >= 0.3 is 6.03 Å². The van der Waals surface area contributed by atoms with Crippen LogP contribution in [0.2, 0.25) is 0 Å². The molecule has 0 saturated carbocycles. The molecule has 1 saturated heterocycles. The van der Waals surface area contributed by atoms with Crippen molar-refractivity contribution in [2.75, 3.05) is 16.8 Å². The molecule has 2 N–H and O–H groups in total. The Labute approximate surface area is 152 Å². The summed E-state index contributed by atoms with van der Waals surface area (Å²) >= 11 is 0. The summed E-state index contributed by atoms with van der Waals surface area (Å²) in [5.74, 6) is -0.0816. The molecule has 6 heteroatoms. The number of amides is 3. The third-order valence-corrected chi connectivity index (χ3v) is 4.33. The van der Waals surface area contributed by atoms with Gasteiger partial charge < -0.3 is 15.5 Å². The summed E-state index contributed by atoms with van der Waals surface area (Å²) < 4.78 is 0. The number of carbonyl (C=O) groups excluding carboxylic acids is 3. The average Bonchev–Trinajstić information content (AvgIpc) is 2.95. The molecule has 0 radical (unpaired) electrons. The molecule has 6 nitrogen and oxygen atoms in total. The first-order valence-electron chi connectivity index (χ1n) is 8.48. The van der Waals surface area contributed by atoms with Crippen molar-refractivity contribution in [2.24, 2.45) is 0 Å². The number of benzene rings is 2. The zero-order chi connectivity index (χ0) is 18.7. The van der Waals surface area contributed by atoms with Crippen molar-refractivity contribution in [1.29, 1.82) is 0 Å². The van der Waals surface area contributed by atoms with Gasteiger partial charge in [0.2, 0.25) is 5.91 Å². The molecule has 3 amide bonds. The molecule has 1 aliphatic rings. The van der Waals surface area contributed by atoms with Crippen LogP contribution in [0.5, 0.6) is 0 Å². The molecule has 0 bridgehead atoms. The van der Waals surface area contributed by atoms with Crippen LogP contribution in [0.15, 0.2) is 48.5 Å². The number of nitrogens with zero attached hydrogens (tertiary/aromatic N) is 1. The average molecular weight is 351 g/mol. The summed E-state index contributed by atoms with van der Waals surface area (Å²) in [6, 6.07) is 13.8. The SMILES string of the molecule is CC(=O)c1cccc(NC(=O)N[C@H]2CC(=O)N(c3ccc(C)cc3)C2)c1. The van der Waals surface area contributed by atoms with Gasteiger partial charge in [0.1, 0.15) is 0 Å². The number of carbonyl (C=O) groups is 3. The standard InChI is InChI=1S/C20H21N3O3/c1-13-6-8-18(9-7-13)23-12-17(11-19(23)25)22-20(26)21-16-5-3-4-15(10-16)14(2)24/h3-10,17H,11-12H2,1-2H3,(H2,21,22,26)/t17-/m0/s1. The minimum absolute atomic E-state index is 0.0160. The molecule has 26 heavy (non-hydrogen) atoms. The molecule has 1 aliphatic heterocycles. The highest BCUT2D eigenvalue weighted by Gasteiger charge is 2.31. The van der Waals surface area contributed by atoms with E-state index in [9.17, 15) is 14.4 Å².